The summed E-state index contributed by atoms with van der Waals surface area (Å²) in [4.78, 5) is 23.2. The molecule has 6 nitrogen and oxygen atoms in total. The average molecular weight is 266 g/mol. The van der Waals surface area contributed by atoms with Gasteiger partial charge in [0.15, 0.2) is 5.82 Å². The van der Waals surface area contributed by atoms with Gasteiger partial charge in [0, 0.05) is 23.3 Å². The van der Waals surface area contributed by atoms with Crippen molar-refractivity contribution >= 4 is 22.7 Å². The van der Waals surface area contributed by atoms with Crippen molar-refractivity contribution in [2.45, 2.75) is 0 Å². The first-order valence-corrected chi connectivity index (χ1v) is 5.86. The number of carboxylic acids is 1. The van der Waals surface area contributed by atoms with Crippen LogP contribution in [-0.2, 0) is 0 Å². The summed E-state index contributed by atoms with van der Waals surface area (Å²) in [6, 6.07) is 9.34. The number of nitrogens with zero attached hydrogens (tertiary/aromatic N) is 3. The lowest BCUT2D eigenvalue weighted by molar-refractivity contribution is 0.0697. The number of fused-ring (bicyclic) bond motifs is 1. The van der Waals surface area contributed by atoms with Crippen molar-refractivity contribution in [2.75, 3.05) is 5.73 Å². The van der Waals surface area contributed by atoms with Crippen LogP contribution in [-0.4, -0.2) is 26.0 Å². The molecule has 3 aromatic rings. The number of aromatic carboxylic acids is 1. The maximum atomic E-state index is 10.9. The molecule has 0 atom stereocenters. The van der Waals surface area contributed by atoms with E-state index in [9.17, 15) is 4.79 Å². The van der Waals surface area contributed by atoms with Crippen molar-refractivity contribution in [3.05, 3.63) is 48.3 Å². The first-order chi connectivity index (χ1) is 9.65. The van der Waals surface area contributed by atoms with Gasteiger partial charge in [-0.1, -0.05) is 6.07 Å². The summed E-state index contributed by atoms with van der Waals surface area (Å²) in [7, 11) is 0. The summed E-state index contributed by atoms with van der Waals surface area (Å²) in [6.45, 7) is 0. The highest BCUT2D eigenvalue weighted by Gasteiger charge is 2.12. The minimum atomic E-state index is -1.14. The van der Waals surface area contributed by atoms with E-state index in [-0.39, 0.29) is 11.4 Å². The van der Waals surface area contributed by atoms with Crippen LogP contribution in [0.1, 0.15) is 10.4 Å². The Morgan fingerprint density at radius 3 is 2.80 bits per heavy atom. The number of benzene rings is 1. The van der Waals surface area contributed by atoms with Gasteiger partial charge in [0.05, 0.1) is 5.52 Å². The maximum absolute atomic E-state index is 10.9. The highest BCUT2D eigenvalue weighted by molar-refractivity contribution is 5.92. The molecule has 1 aromatic carbocycles. The molecule has 0 radical (unpaired) electrons. The molecule has 20 heavy (non-hydrogen) atoms. The topological polar surface area (TPSA) is 102 Å². The monoisotopic (exact) mass is 266 g/mol. The lowest BCUT2D eigenvalue weighted by atomic mass is 10.1. The number of carboxylic acid groups (broad SMARTS) is 1. The van der Waals surface area contributed by atoms with Gasteiger partial charge >= 0.3 is 5.97 Å². The van der Waals surface area contributed by atoms with E-state index in [4.69, 9.17) is 10.8 Å². The Hall–Kier alpha value is -3.02. The van der Waals surface area contributed by atoms with Crippen molar-refractivity contribution in [1.29, 1.82) is 0 Å². The molecular formula is C14H10N4O2. The molecule has 3 rings (SSSR count). The predicted molar refractivity (Wildman–Crippen MR) is 74.1 cm³/mol. The second-order valence-corrected chi connectivity index (χ2v) is 4.21. The Bertz CT molecular complexity index is 817. The van der Waals surface area contributed by atoms with Crippen LogP contribution in [0.2, 0.25) is 0 Å². The third-order valence-corrected chi connectivity index (χ3v) is 2.91. The number of carbonyl (C=O) groups is 1. The molecule has 98 valence electrons. The number of anilines is 1. The number of rotatable bonds is 2. The Balaban J connectivity index is 2.11. The van der Waals surface area contributed by atoms with Crippen LogP contribution in [0, 0.1) is 0 Å². The molecule has 6 heteroatoms. The van der Waals surface area contributed by atoms with Gasteiger partial charge in [-0.25, -0.2) is 14.8 Å². The Morgan fingerprint density at radius 1 is 1.20 bits per heavy atom. The maximum Gasteiger partial charge on any atom is 0.341 e. The van der Waals surface area contributed by atoms with Gasteiger partial charge in [-0.15, -0.1) is 0 Å². The first-order valence-electron chi connectivity index (χ1n) is 5.86. The number of nitrogen functional groups attached to an aromatic ring is 1. The Morgan fingerprint density at radius 2 is 2.05 bits per heavy atom. The number of nitrogens with two attached hydrogens (primary N) is 1. The highest BCUT2D eigenvalue weighted by atomic mass is 16.4. The fourth-order valence-electron chi connectivity index (χ4n) is 1.91. The molecule has 2 aromatic heterocycles. The van der Waals surface area contributed by atoms with E-state index in [1.807, 2.05) is 30.3 Å². The molecule has 0 bridgehead atoms. The molecule has 3 N–H and O–H groups in total. The number of hydrogen-bond acceptors (Lipinski definition) is 5. The van der Waals surface area contributed by atoms with Gasteiger partial charge in [0.2, 0.25) is 0 Å². The molecule has 0 saturated heterocycles. The van der Waals surface area contributed by atoms with Crippen LogP contribution < -0.4 is 5.73 Å². The number of pyridine rings is 1. The summed E-state index contributed by atoms with van der Waals surface area (Å²) >= 11 is 0. The van der Waals surface area contributed by atoms with Gasteiger partial charge in [0.25, 0.3) is 0 Å². The molecule has 0 aliphatic heterocycles. The van der Waals surface area contributed by atoms with E-state index in [0.717, 1.165) is 16.5 Å². The normalized spacial score (nSPS) is 10.6. The summed E-state index contributed by atoms with van der Waals surface area (Å²) < 4.78 is 0. The van der Waals surface area contributed by atoms with Crippen LogP contribution in [0.3, 0.4) is 0 Å². The van der Waals surface area contributed by atoms with Gasteiger partial charge in [-0.05, 0) is 24.3 Å². The van der Waals surface area contributed by atoms with Crippen LogP contribution in [0.15, 0.2) is 42.7 Å². The van der Waals surface area contributed by atoms with E-state index in [2.05, 4.69) is 15.0 Å². The zero-order valence-corrected chi connectivity index (χ0v) is 10.3. The lowest BCUT2D eigenvalue weighted by Gasteiger charge is -2.04. The van der Waals surface area contributed by atoms with Crippen LogP contribution in [0.5, 0.6) is 0 Å². The molecule has 0 unspecified atom stereocenters. The van der Waals surface area contributed by atoms with Crippen molar-refractivity contribution in [3.8, 4) is 11.4 Å². The fourth-order valence-corrected chi connectivity index (χ4v) is 1.91. The smallest absolute Gasteiger partial charge is 0.341 e. The van der Waals surface area contributed by atoms with E-state index in [1.165, 1.54) is 6.20 Å². The standard InChI is InChI=1S/C14H10N4O2/c15-12-10(14(19)20)7-17-13(18-12)9-3-4-11-8(6-9)2-1-5-16-11/h1-7H,(H,19,20)(H2,15,17,18). The number of hydrogen-bond donors (Lipinski definition) is 2. The summed E-state index contributed by atoms with van der Waals surface area (Å²) in [5.41, 5.74) is 7.15. The quantitative estimate of drug-likeness (QED) is 0.735. The summed E-state index contributed by atoms with van der Waals surface area (Å²) in [5, 5.41) is 9.85. The van der Waals surface area contributed by atoms with Crippen LogP contribution >= 0.6 is 0 Å². The Labute approximate surface area is 113 Å². The van der Waals surface area contributed by atoms with Gasteiger partial charge in [-0.2, -0.15) is 0 Å². The number of aromatic nitrogens is 3. The molecular weight excluding hydrogens is 256 g/mol. The summed E-state index contributed by atoms with van der Waals surface area (Å²) in [6.07, 6.45) is 2.94. The van der Waals surface area contributed by atoms with Crippen LogP contribution in [0.25, 0.3) is 22.3 Å². The largest absolute Gasteiger partial charge is 0.477 e. The van der Waals surface area contributed by atoms with Crippen LogP contribution in [0.4, 0.5) is 5.82 Å². The van der Waals surface area contributed by atoms with Crippen molar-refractivity contribution in [2.24, 2.45) is 0 Å². The molecule has 2 heterocycles. The van der Waals surface area contributed by atoms with Crippen molar-refractivity contribution in [3.63, 3.8) is 0 Å². The molecule has 0 aliphatic carbocycles. The lowest BCUT2D eigenvalue weighted by Crippen LogP contribution is -2.06. The van der Waals surface area contributed by atoms with E-state index in [1.54, 1.807) is 6.20 Å². The van der Waals surface area contributed by atoms with E-state index >= 15 is 0 Å². The summed E-state index contributed by atoms with van der Waals surface area (Å²) in [5.74, 6) is -0.802. The molecule has 0 fully saturated rings. The molecule has 0 aliphatic rings. The highest BCUT2D eigenvalue weighted by Crippen LogP contribution is 2.22. The molecule has 0 amide bonds. The second kappa shape index (κ2) is 4.58. The third-order valence-electron chi connectivity index (χ3n) is 2.91. The average Bonchev–Trinajstić information content (AvgIpc) is 2.46. The first kappa shape index (κ1) is 12.0. The van der Waals surface area contributed by atoms with E-state index in [0.29, 0.717) is 5.82 Å². The zero-order chi connectivity index (χ0) is 14.1. The fraction of sp³-hybridized carbons (Fsp3) is 0. The molecule has 0 spiro atoms. The third kappa shape index (κ3) is 2.03. The SMILES string of the molecule is Nc1nc(-c2ccc3ncccc3c2)ncc1C(=O)O. The van der Waals surface area contributed by atoms with Crippen molar-refractivity contribution in [1.82, 2.24) is 15.0 Å². The van der Waals surface area contributed by atoms with Gasteiger partial charge in [-0.3, -0.25) is 4.98 Å². The Kier molecular flexibility index (Phi) is 2.76. The van der Waals surface area contributed by atoms with Gasteiger partial charge in [0.1, 0.15) is 11.4 Å². The minimum Gasteiger partial charge on any atom is -0.477 e. The van der Waals surface area contributed by atoms with Gasteiger partial charge < -0.3 is 10.8 Å². The van der Waals surface area contributed by atoms with E-state index < -0.39 is 5.97 Å². The second-order valence-electron chi connectivity index (χ2n) is 4.21. The minimum absolute atomic E-state index is 0.0474. The van der Waals surface area contributed by atoms with Crippen molar-refractivity contribution < 1.29 is 9.90 Å². The molecule has 0 saturated carbocycles. The zero-order valence-electron chi connectivity index (χ0n) is 10.3. The predicted octanol–water partition coefficient (Wildman–Crippen LogP) is 1.97.